The lowest BCUT2D eigenvalue weighted by Crippen LogP contribution is -2.47. The molecule has 0 aliphatic heterocycles. The minimum Gasteiger partial charge on any atom is -0.445 e. The highest BCUT2D eigenvalue weighted by atomic mass is 32.3. The molecule has 2 aliphatic carbocycles. The smallest absolute Gasteiger partial charge is 0.407 e. The van der Waals surface area contributed by atoms with Gasteiger partial charge in [0.25, 0.3) is 0 Å². The van der Waals surface area contributed by atoms with Gasteiger partial charge in [0.1, 0.15) is 6.61 Å². The molecule has 1 N–H and O–H groups in total. The van der Waals surface area contributed by atoms with Gasteiger partial charge in [-0.1, -0.05) is 30.3 Å². The van der Waals surface area contributed by atoms with E-state index in [1.165, 1.54) is 0 Å². The molecular weight excluding hydrogens is 321 g/mol. The quantitative estimate of drug-likeness (QED) is 0.836. The van der Waals surface area contributed by atoms with E-state index in [0.29, 0.717) is 25.2 Å². The summed E-state index contributed by atoms with van der Waals surface area (Å²) in [4.78, 5) is 12.0. The highest BCUT2D eigenvalue weighted by Gasteiger charge is 2.54. The van der Waals surface area contributed by atoms with Gasteiger partial charge in [-0.25, -0.2) is 4.79 Å². The van der Waals surface area contributed by atoms with E-state index in [1.807, 2.05) is 30.3 Å². The molecule has 126 valence electrons. The molecule has 0 radical (unpaired) electrons. The van der Waals surface area contributed by atoms with E-state index in [2.05, 4.69) is 5.32 Å². The number of carbonyl (C=O) groups is 1. The first kappa shape index (κ1) is 16.2. The lowest BCUT2D eigenvalue weighted by Gasteiger charge is -2.34. The molecule has 3 atom stereocenters. The van der Waals surface area contributed by atoms with Gasteiger partial charge in [0.05, 0.1) is 5.75 Å². The molecule has 3 unspecified atom stereocenters. The number of ether oxygens (including phenoxy) is 1. The van der Waals surface area contributed by atoms with Crippen LogP contribution in [0.2, 0.25) is 0 Å². The van der Waals surface area contributed by atoms with Crippen LogP contribution in [0.1, 0.15) is 31.2 Å². The van der Waals surface area contributed by atoms with Crippen LogP contribution in [0, 0.1) is 11.3 Å². The number of amides is 1. The van der Waals surface area contributed by atoms with Crippen LogP contribution >= 0.6 is 0 Å². The largest absolute Gasteiger partial charge is 0.445 e. The van der Waals surface area contributed by atoms with Crippen molar-refractivity contribution in [2.24, 2.45) is 11.3 Å². The molecule has 2 saturated carbocycles. The summed E-state index contributed by atoms with van der Waals surface area (Å²) in [5.74, 6) is -0.156. The number of hydrogen-bond acceptors (Lipinski definition) is 4. The van der Waals surface area contributed by atoms with Crippen LogP contribution < -0.4 is 5.32 Å². The molecule has 0 saturated heterocycles. The second kappa shape index (κ2) is 6.11. The molecule has 1 aromatic rings. The first-order valence-corrected chi connectivity index (χ1v) is 9.31. The Morgan fingerprint density at radius 1 is 1.35 bits per heavy atom. The van der Waals surface area contributed by atoms with Crippen molar-refractivity contribution in [3.63, 3.8) is 0 Å². The number of rotatable bonds is 5. The summed E-state index contributed by atoms with van der Waals surface area (Å²) in [7, 11) is -4.57. The van der Waals surface area contributed by atoms with Crippen molar-refractivity contribution in [1.82, 2.24) is 5.32 Å². The third kappa shape index (κ3) is 3.83. The normalized spacial score (nSPS) is 29.4. The number of benzene rings is 1. The maximum atomic E-state index is 13.2. The molecule has 1 amide bonds. The molecule has 1 aromatic carbocycles. The number of halogens is 1. The summed E-state index contributed by atoms with van der Waals surface area (Å²) >= 11 is 0. The summed E-state index contributed by atoms with van der Waals surface area (Å²) in [6, 6.07) is 8.95. The zero-order valence-corrected chi connectivity index (χ0v) is 13.5. The Balaban J connectivity index is 1.59. The van der Waals surface area contributed by atoms with E-state index in [4.69, 9.17) is 4.74 Å². The highest BCUT2D eigenvalue weighted by Crippen LogP contribution is 2.54. The van der Waals surface area contributed by atoms with Gasteiger partial charge in [-0.15, -0.1) is 3.89 Å². The predicted molar refractivity (Wildman–Crippen MR) is 82.8 cm³/mol. The fraction of sp³-hybridized carbons (Fsp3) is 0.562. The zero-order chi connectivity index (χ0) is 16.5. The lowest BCUT2D eigenvalue weighted by atomic mass is 9.81. The third-order valence-electron chi connectivity index (χ3n) is 5.02. The Hall–Kier alpha value is -1.63. The predicted octanol–water partition coefficient (Wildman–Crippen LogP) is 2.77. The first-order chi connectivity index (χ1) is 10.9. The van der Waals surface area contributed by atoms with Crippen molar-refractivity contribution in [2.45, 2.75) is 38.3 Å². The fourth-order valence-corrected chi connectivity index (χ4v) is 5.22. The van der Waals surface area contributed by atoms with E-state index >= 15 is 0 Å². The second-order valence-electron chi connectivity index (χ2n) is 6.65. The van der Waals surface area contributed by atoms with E-state index in [-0.39, 0.29) is 12.6 Å². The van der Waals surface area contributed by atoms with Crippen molar-refractivity contribution in [3.8, 4) is 0 Å². The van der Waals surface area contributed by atoms with Crippen LogP contribution in [0.5, 0.6) is 0 Å². The van der Waals surface area contributed by atoms with E-state index in [0.717, 1.165) is 12.0 Å². The van der Waals surface area contributed by atoms with Gasteiger partial charge in [0, 0.05) is 11.5 Å². The monoisotopic (exact) mass is 341 g/mol. The van der Waals surface area contributed by atoms with Crippen molar-refractivity contribution in [1.29, 1.82) is 0 Å². The average molecular weight is 341 g/mol. The Kier molecular flexibility index (Phi) is 4.31. The van der Waals surface area contributed by atoms with Gasteiger partial charge < -0.3 is 10.1 Å². The van der Waals surface area contributed by atoms with Crippen molar-refractivity contribution < 1.29 is 21.8 Å². The lowest BCUT2D eigenvalue weighted by molar-refractivity contribution is 0.124. The van der Waals surface area contributed by atoms with E-state index in [9.17, 15) is 17.1 Å². The molecule has 3 rings (SSSR count). The molecule has 0 heterocycles. The van der Waals surface area contributed by atoms with Crippen LogP contribution in [0.15, 0.2) is 30.3 Å². The maximum absolute atomic E-state index is 13.2. The van der Waals surface area contributed by atoms with Crippen LogP contribution in [-0.2, 0) is 21.6 Å². The second-order valence-corrected chi connectivity index (χ2v) is 8.02. The average Bonchev–Trinajstić information content (AvgIpc) is 3.01. The minimum absolute atomic E-state index is 0.150. The summed E-state index contributed by atoms with van der Waals surface area (Å²) < 4.78 is 40.6. The van der Waals surface area contributed by atoms with Gasteiger partial charge in [0.2, 0.25) is 0 Å². The molecule has 0 spiro atoms. The molecule has 5 nitrogen and oxygen atoms in total. The number of nitrogens with one attached hydrogen (secondary N) is 1. The molecule has 0 aromatic heterocycles. The third-order valence-corrected chi connectivity index (χ3v) is 5.94. The number of alkyl carbamates (subject to hydrolysis) is 1. The molecular formula is C16H20FNO4S. The van der Waals surface area contributed by atoms with E-state index < -0.39 is 27.5 Å². The van der Waals surface area contributed by atoms with Gasteiger partial charge in [-0.05, 0) is 37.2 Å². The van der Waals surface area contributed by atoms with Crippen molar-refractivity contribution >= 4 is 16.3 Å². The topological polar surface area (TPSA) is 72.5 Å². The summed E-state index contributed by atoms with van der Waals surface area (Å²) in [5, 5.41) is 2.75. The Morgan fingerprint density at radius 3 is 2.74 bits per heavy atom. The van der Waals surface area contributed by atoms with Gasteiger partial charge in [0.15, 0.2) is 0 Å². The van der Waals surface area contributed by atoms with Gasteiger partial charge in [-0.3, -0.25) is 0 Å². The Labute approximate surface area is 135 Å². The highest BCUT2D eigenvalue weighted by molar-refractivity contribution is 7.86. The molecule has 7 heteroatoms. The minimum atomic E-state index is -4.57. The summed E-state index contributed by atoms with van der Waals surface area (Å²) in [6.45, 7) is 0.150. The zero-order valence-electron chi connectivity index (χ0n) is 12.7. The summed E-state index contributed by atoms with van der Waals surface area (Å²) in [5.41, 5.74) is 0.195. The maximum Gasteiger partial charge on any atom is 0.407 e. The number of fused-ring (bicyclic) bond motifs is 2. The van der Waals surface area contributed by atoms with E-state index in [1.54, 1.807) is 0 Å². The van der Waals surface area contributed by atoms with Crippen LogP contribution in [0.3, 0.4) is 0 Å². The SMILES string of the molecule is O=C(NC1CC2CCC1(CS(=O)(=O)F)C2)OCc1ccccc1. The summed E-state index contributed by atoms with van der Waals surface area (Å²) in [6.07, 6.45) is 2.29. The fourth-order valence-electron chi connectivity index (χ4n) is 4.07. The van der Waals surface area contributed by atoms with Crippen molar-refractivity contribution in [3.05, 3.63) is 35.9 Å². The van der Waals surface area contributed by atoms with Crippen LogP contribution in [-0.4, -0.2) is 26.3 Å². The van der Waals surface area contributed by atoms with Crippen LogP contribution in [0.25, 0.3) is 0 Å². The van der Waals surface area contributed by atoms with Crippen molar-refractivity contribution in [2.75, 3.05) is 5.75 Å². The molecule has 23 heavy (non-hydrogen) atoms. The molecule has 2 bridgehead atoms. The standard InChI is InChI=1S/C16H20FNO4S/c17-23(20,21)11-16-7-6-13(9-16)8-14(16)18-15(19)22-10-12-4-2-1-3-5-12/h1-5,13-14H,6-11H2,(H,18,19). The number of hydrogen-bond donors (Lipinski definition) is 1. The van der Waals surface area contributed by atoms with Crippen LogP contribution in [0.4, 0.5) is 8.68 Å². The van der Waals surface area contributed by atoms with Gasteiger partial charge in [-0.2, -0.15) is 8.42 Å². The molecule has 2 aliphatic rings. The number of carbonyl (C=O) groups excluding carboxylic acids is 1. The van der Waals surface area contributed by atoms with Gasteiger partial charge >= 0.3 is 16.3 Å². The molecule has 2 fully saturated rings. The Bertz CT molecular complexity index is 679. The first-order valence-electron chi connectivity index (χ1n) is 7.76. The Morgan fingerprint density at radius 2 is 2.09 bits per heavy atom.